The van der Waals surface area contributed by atoms with Gasteiger partial charge in [0.1, 0.15) is 0 Å². The van der Waals surface area contributed by atoms with Crippen LogP contribution in [-0.2, 0) is 0 Å². The molecule has 0 heteroatoms. The summed E-state index contributed by atoms with van der Waals surface area (Å²) in [6, 6.07) is 0. The van der Waals surface area contributed by atoms with Gasteiger partial charge in [0.15, 0.2) is 0 Å². The number of fused-ring (bicyclic) bond motifs is 1. The summed E-state index contributed by atoms with van der Waals surface area (Å²) in [6.07, 6.45) is 10.4. The minimum atomic E-state index is 1.19. The molecule has 2 fully saturated rings. The Balaban J connectivity index is 0.000000134. The molecular weight excluding hydrogens is 132 g/mol. The Labute approximate surface area is 71.4 Å². The summed E-state index contributed by atoms with van der Waals surface area (Å²) in [6.45, 7) is 4.36. The van der Waals surface area contributed by atoms with E-state index < -0.39 is 0 Å². The van der Waals surface area contributed by atoms with Crippen molar-refractivity contribution in [1.29, 1.82) is 0 Å². The van der Waals surface area contributed by atoms with E-state index in [9.17, 15) is 0 Å². The first-order chi connectivity index (χ1) is 5.38. The van der Waals surface area contributed by atoms with E-state index in [0.717, 1.165) is 0 Å². The van der Waals surface area contributed by atoms with Crippen molar-refractivity contribution in [1.82, 2.24) is 0 Å². The highest BCUT2D eigenvalue weighted by Gasteiger charge is 2.34. The standard InChI is InChI=1S/C7H12.C4H10/c1-2-6-4-5-7(6)3-1;1-3-4-2/h6-7H,1-5H2;3-4H2,1-2H3. The molecule has 0 saturated heterocycles. The molecule has 0 heterocycles. The molecule has 2 aliphatic rings. The average Bonchev–Trinajstić information content (AvgIpc) is 2.31. The van der Waals surface area contributed by atoms with Crippen LogP contribution in [-0.4, -0.2) is 0 Å². The predicted octanol–water partition coefficient (Wildman–Crippen LogP) is 4.00. The van der Waals surface area contributed by atoms with E-state index in [-0.39, 0.29) is 0 Å². The van der Waals surface area contributed by atoms with Gasteiger partial charge in [-0.3, -0.25) is 0 Å². The van der Waals surface area contributed by atoms with Crippen LogP contribution in [0.3, 0.4) is 0 Å². The molecule has 2 saturated carbocycles. The molecule has 0 radical (unpaired) electrons. The molecule has 66 valence electrons. The minimum Gasteiger partial charge on any atom is -0.0654 e. The average molecular weight is 154 g/mol. The highest BCUT2D eigenvalue weighted by Crippen LogP contribution is 2.46. The normalized spacial score (nSPS) is 33.3. The van der Waals surface area contributed by atoms with Gasteiger partial charge in [0.05, 0.1) is 0 Å². The van der Waals surface area contributed by atoms with Crippen molar-refractivity contribution in [3.63, 3.8) is 0 Å². The molecule has 0 bridgehead atoms. The Bertz CT molecular complexity index is 84.2. The smallest absolute Gasteiger partial charge is 0.0386 e. The van der Waals surface area contributed by atoms with Crippen molar-refractivity contribution in [2.24, 2.45) is 11.8 Å². The summed E-state index contributed by atoms with van der Waals surface area (Å²) in [5, 5.41) is 0. The fraction of sp³-hybridized carbons (Fsp3) is 1.00. The summed E-state index contributed by atoms with van der Waals surface area (Å²) in [4.78, 5) is 0. The van der Waals surface area contributed by atoms with E-state index in [1.807, 2.05) is 0 Å². The third-order valence-electron chi connectivity index (χ3n) is 3.22. The van der Waals surface area contributed by atoms with Crippen LogP contribution >= 0.6 is 0 Å². The highest BCUT2D eigenvalue weighted by molar-refractivity contribution is 4.85. The molecule has 11 heavy (non-hydrogen) atoms. The molecule has 0 N–H and O–H groups in total. The summed E-state index contributed by atoms with van der Waals surface area (Å²) in [5.41, 5.74) is 0. The van der Waals surface area contributed by atoms with Crippen molar-refractivity contribution in [2.75, 3.05) is 0 Å². The Hall–Kier alpha value is 0. The molecule has 0 amide bonds. The van der Waals surface area contributed by atoms with Crippen molar-refractivity contribution in [3.05, 3.63) is 0 Å². The number of rotatable bonds is 1. The molecule has 2 aliphatic carbocycles. The third kappa shape index (κ3) is 2.50. The second kappa shape index (κ2) is 4.79. The Morgan fingerprint density at radius 3 is 1.45 bits per heavy atom. The molecule has 2 unspecified atom stereocenters. The minimum absolute atomic E-state index is 1.19. The number of hydrogen-bond donors (Lipinski definition) is 0. The van der Waals surface area contributed by atoms with Gasteiger partial charge in [0, 0.05) is 0 Å². The van der Waals surface area contributed by atoms with E-state index in [0.29, 0.717) is 0 Å². The number of unbranched alkanes of at least 4 members (excludes halogenated alkanes) is 1. The first-order valence-corrected chi connectivity index (χ1v) is 5.38. The van der Waals surface area contributed by atoms with E-state index in [2.05, 4.69) is 13.8 Å². The van der Waals surface area contributed by atoms with Crippen LogP contribution in [0.1, 0.15) is 58.8 Å². The van der Waals surface area contributed by atoms with Gasteiger partial charge in [-0.05, 0) is 24.7 Å². The molecule has 0 aromatic heterocycles. The Morgan fingerprint density at radius 1 is 0.818 bits per heavy atom. The van der Waals surface area contributed by atoms with Gasteiger partial charge in [-0.15, -0.1) is 0 Å². The lowest BCUT2D eigenvalue weighted by atomic mass is 9.77. The van der Waals surface area contributed by atoms with Crippen LogP contribution in [0.25, 0.3) is 0 Å². The number of hydrogen-bond acceptors (Lipinski definition) is 0. The lowest BCUT2D eigenvalue weighted by Gasteiger charge is -2.29. The highest BCUT2D eigenvalue weighted by atomic mass is 14.4. The quantitative estimate of drug-likeness (QED) is 0.535. The van der Waals surface area contributed by atoms with E-state index >= 15 is 0 Å². The lowest BCUT2D eigenvalue weighted by Crippen LogP contribution is -2.18. The maximum absolute atomic E-state index is 2.18. The third-order valence-corrected chi connectivity index (χ3v) is 3.22. The maximum Gasteiger partial charge on any atom is -0.0386 e. The van der Waals surface area contributed by atoms with Gasteiger partial charge in [0.25, 0.3) is 0 Å². The van der Waals surface area contributed by atoms with Crippen LogP contribution in [0.2, 0.25) is 0 Å². The topological polar surface area (TPSA) is 0 Å². The second-order valence-corrected chi connectivity index (χ2v) is 4.03. The van der Waals surface area contributed by atoms with Gasteiger partial charge >= 0.3 is 0 Å². The van der Waals surface area contributed by atoms with Crippen LogP contribution in [0.15, 0.2) is 0 Å². The molecule has 0 nitrogen and oxygen atoms in total. The molecule has 0 aromatic rings. The fourth-order valence-corrected chi connectivity index (χ4v) is 2.04. The monoisotopic (exact) mass is 154 g/mol. The fourth-order valence-electron chi connectivity index (χ4n) is 2.04. The van der Waals surface area contributed by atoms with Crippen LogP contribution < -0.4 is 0 Å². The summed E-state index contributed by atoms with van der Waals surface area (Å²) >= 11 is 0. The Morgan fingerprint density at radius 2 is 1.27 bits per heavy atom. The predicted molar refractivity (Wildman–Crippen MR) is 50.6 cm³/mol. The van der Waals surface area contributed by atoms with Crippen molar-refractivity contribution < 1.29 is 0 Å². The molecule has 0 aromatic carbocycles. The van der Waals surface area contributed by atoms with Gasteiger partial charge in [0.2, 0.25) is 0 Å². The largest absolute Gasteiger partial charge is 0.0654 e. The van der Waals surface area contributed by atoms with Gasteiger partial charge in [-0.1, -0.05) is 46.0 Å². The first kappa shape index (κ1) is 9.09. The first-order valence-electron chi connectivity index (χ1n) is 5.38. The van der Waals surface area contributed by atoms with Crippen LogP contribution in [0.4, 0.5) is 0 Å². The zero-order valence-corrected chi connectivity index (χ0v) is 8.10. The van der Waals surface area contributed by atoms with E-state index in [1.54, 1.807) is 25.7 Å². The van der Waals surface area contributed by atoms with E-state index in [4.69, 9.17) is 0 Å². The molecule has 2 atom stereocenters. The SMILES string of the molecule is C1CC2CCC2C1.CCCC. The van der Waals surface area contributed by atoms with Crippen molar-refractivity contribution >= 4 is 0 Å². The van der Waals surface area contributed by atoms with Gasteiger partial charge in [-0.2, -0.15) is 0 Å². The second-order valence-electron chi connectivity index (χ2n) is 4.03. The van der Waals surface area contributed by atoms with Gasteiger partial charge < -0.3 is 0 Å². The molecule has 2 rings (SSSR count). The van der Waals surface area contributed by atoms with Crippen molar-refractivity contribution in [2.45, 2.75) is 58.8 Å². The Kier molecular flexibility index (Phi) is 3.96. The summed E-state index contributed by atoms with van der Waals surface area (Å²) < 4.78 is 0. The van der Waals surface area contributed by atoms with Crippen molar-refractivity contribution in [3.8, 4) is 0 Å². The summed E-state index contributed by atoms with van der Waals surface area (Å²) in [5.74, 6) is 2.39. The summed E-state index contributed by atoms with van der Waals surface area (Å²) in [7, 11) is 0. The maximum atomic E-state index is 2.18. The zero-order valence-electron chi connectivity index (χ0n) is 8.10. The van der Waals surface area contributed by atoms with Crippen LogP contribution in [0, 0.1) is 11.8 Å². The zero-order chi connectivity index (χ0) is 8.10. The van der Waals surface area contributed by atoms with Crippen LogP contribution in [0.5, 0.6) is 0 Å². The molecule has 0 aliphatic heterocycles. The molecular formula is C11H22. The lowest BCUT2D eigenvalue weighted by molar-refractivity contribution is 0.219. The molecule has 0 spiro atoms. The van der Waals surface area contributed by atoms with E-state index in [1.165, 1.54) is 31.1 Å². The van der Waals surface area contributed by atoms with Gasteiger partial charge in [-0.25, -0.2) is 0 Å².